The van der Waals surface area contributed by atoms with Crippen LogP contribution in [0.25, 0.3) is 10.9 Å². The molecule has 1 atom stereocenters. The van der Waals surface area contributed by atoms with E-state index in [0.717, 1.165) is 21.1 Å². The molecule has 0 radical (unpaired) electrons. The van der Waals surface area contributed by atoms with Gasteiger partial charge in [0.15, 0.2) is 0 Å². The molecule has 0 saturated heterocycles. The summed E-state index contributed by atoms with van der Waals surface area (Å²) in [6.07, 6.45) is 4.76. The van der Waals surface area contributed by atoms with Gasteiger partial charge in [-0.15, -0.1) is 0 Å². The first-order chi connectivity index (χ1) is 9.72. The van der Waals surface area contributed by atoms with Crippen LogP contribution in [0.5, 0.6) is 5.75 Å². The quantitative estimate of drug-likeness (QED) is 0.753. The number of aliphatic hydroxyl groups excluding tert-OH is 1. The van der Waals surface area contributed by atoms with E-state index in [-0.39, 0.29) is 6.61 Å². The molecule has 0 aliphatic carbocycles. The Morgan fingerprint density at radius 2 is 2.30 bits per heavy atom. The Kier molecular flexibility index (Phi) is 3.75. The zero-order chi connectivity index (χ0) is 13.9. The molecule has 3 aromatic rings. The second-order valence-electron chi connectivity index (χ2n) is 4.54. The van der Waals surface area contributed by atoms with Crippen LogP contribution in [0.4, 0.5) is 0 Å². The number of ether oxygens (including phenoxy) is 1. The van der Waals surface area contributed by atoms with Crippen LogP contribution in [0.2, 0.25) is 0 Å². The highest BCUT2D eigenvalue weighted by Crippen LogP contribution is 2.24. The van der Waals surface area contributed by atoms with Crippen molar-refractivity contribution < 1.29 is 9.84 Å². The van der Waals surface area contributed by atoms with Crippen molar-refractivity contribution in [2.45, 2.75) is 12.6 Å². The number of hydrogen-bond donors (Lipinski definition) is 2. The third-order valence-corrected chi connectivity index (χ3v) is 3.40. The van der Waals surface area contributed by atoms with Crippen molar-refractivity contribution in [1.82, 2.24) is 14.8 Å². The SMILES string of the molecule is OC(COc1cccc2[nH]ccc12)Cn1cc(Br)cn1. The Bertz CT molecular complexity index is 707. The summed E-state index contributed by atoms with van der Waals surface area (Å²) < 4.78 is 8.26. The number of H-pyrrole nitrogens is 1. The van der Waals surface area contributed by atoms with Crippen LogP contribution in [0.3, 0.4) is 0 Å². The Morgan fingerprint density at radius 1 is 1.40 bits per heavy atom. The van der Waals surface area contributed by atoms with Crippen molar-refractivity contribution in [1.29, 1.82) is 0 Å². The van der Waals surface area contributed by atoms with Crippen molar-refractivity contribution >= 4 is 26.8 Å². The number of fused-ring (bicyclic) bond motifs is 1. The maximum absolute atomic E-state index is 9.99. The van der Waals surface area contributed by atoms with Crippen LogP contribution >= 0.6 is 15.9 Å². The minimum atomic E-state index is -0.615. The predicted octanol–water partition coefficient (Wildman–Crippen LogP) is 2.57. The first kappa shape index (κ1) is 13.2. The number of halogens is 1. The molecule has 2 N–H and O–H groups in total. The van der Waals surface area contributed by atoms with E-state index < -0.39 is 6.10 Å². The standard InChI is InChI=1S/C14H14BrN3O2/c15-10-6-17-18(7-10)8-11(19)9-20-14-3-1-2-13-12(14)4-5-16-13/h1-7,11,16,19H,8-9H2. The van der Waals surface area contributed by atoms with Crippen molar-refractivity contribution in [2.24, 2.45) is 0 Å². The third-order valence-electron chi connectivity index (χ3n) is 2.99. The lowest BCUT2D eigenvalue weighted by molar-refractivity contribution is 0.0900. The monoisotopic (exact) mass is 335 g/mol. The minimum absolute atomic E-state index is 0.224. The van der Waals surface area contributed by atoms with Crippen LogP contribution in [-0.2, 0) is 6.54 Å². The molecule has 2 heterocycles. The van der Waals surface area contributed by atoms with Crippen LogP contribution in [0.15, 0.2) is 47.3 Å². The first-order valence-electron chi connectivity index (χ1n) is 6.27. The molecule has 5 nitrogen and oxygen atoms in total. The number of aliphatic hydroxyl groups is 1. The summed E-state index contributed by atoms with van der Waals surface area (Å²) in [4.78, 5) is 3.13. The van der Waals surface area contributed by atoms with Gasteiger partial charge < -0.3 is 14.8 Å². The average molecular weight is 336 g/mol. The fourth-order valence-corrected chi connectivity index (χ4v) is 2.40. The topological polar surface area (TPSA) is 63.1 Å². The number of aromatic amines is 1. The summed E-state index contributed by atoms with van der Waals surface area (Å²) in [6.45, 7) is 0.622. The van der Waals surface area contributed by atoms with Gasteiger partial charge in [-0.1, -0.05) is 6.07 Å². The lowest BCUT2D eigenvalue weighted by atomic mass is 10.2. The molecule has 20 heavy (non-hydrogen) atoms. The molecule has 0 aliphatic rings. The molecule has 3 rings (SSSR count). The number of nitrogens with zero attached hydrogens (tertiary/aromatic N) is 2. The predicted molar refractivity (Wildman–Crippen MR) is 79.7 cm³/mol. The Balaban J connectivity index is 1.62. The van der Waals surface area contributed by atoms with Gasteiger partial charge in [0.2, 0.25) is 0 Å². The van der Waals surface area contributed by atoms with Crippen LogP contribution in [-0.4, -0.2) is 32.6 Å². The van der Waals surface area contributed by atoms with Gasteiger partial charge in [-0.3, -0.25) is 4.68 Å². The highest BCUT2D eigenvalue weighted by molar-refractivity contribution is 9.10. The van der Waals surface area contributed by atoms with E-state index in [2.05, 4.69) is 26.0 Å². The molecule has 0 fully saturated rings. The lowest BCUT2D eigenvalue weighted by Crippen LogP contribution is -2.23. The summed E-state index contributed by atoms with van der Waals surface area (Å²) in [5.74, 6) is 0.768. The van der Waals surface area contributed by atoms with Crippen LogP contribution in [0, 0.1) is 0 Å². The zero-order valence-corrected chi connectivity index (χ0v) is 12.2. The summed E-state index contributed by atoms with van der Waals surface area (Å²) in [6, 6.07) is 7.76. The zero-order valence-electron chi connectivity index (χ0n) is 10.7. The van der Waals surface area contributed by atoms with E-state index in [1.807, 2.05) is 36.7 Å². The molecule has 104 valence electrons. The maximum atomic E-state index is 9.99. The summed E-state index contributed by atoms with van der Waals surface area (Å²) >= 11 is 3.32. The van der Waals surface area contributed by atoms with Gasteiger partial charge in [-0.05, 0) is 34.1 Å². The number of nitrogens with one attached hydrogen (secondary N) is 1. The molecule has 0 saturated carbocycles. The molecule has 0 spiro atoms. The smallest absolute Gasteiger partial charge is 0.128 e. The molecule has 2 aromatic heterocycles. The molecular formula is C14H14BrN3O2. The maximum Gasteiger partial charge on any atom is 0.128 e. The van der Waals surface area contributed by atoms with E-state index in [1.165, 1.54) is 0 Å². The van der Waals surface area contributed by atoms with Crippen molar-refractivity contribution in [3.8, 4) is 5.75 Å². The summed E-state index contributed by atoms with van der Waals surface area (Å²) in [5.41, 5.74) is 1.02. The fourth-order valence-electron chi connectivity index (χ4n) is 2.08. The lowest BCUT2D eigenvalue weighted by Gasteiger charge is -2.13. The van der Waals surface area contributed by atoms with E-state index in [4.69, 9.17) is 4.74 Å². The summed E-state index contributed by atoms with van der Waals surface area (Å²) in [7, 11) is 0. The Labute approximate surface area is 124 Å². The summed E-state index contributed by atoms with van der Waals surface area (Å²) in [5, 5.41) is 15.1. The van der Waals surface area contributed by atoms with Crippen LogP contribution < -0.4 is 4.74 Å². The number of hydrogen-bond acceptors (Lipinski definition) is 3. The number of rotatable bonds is 5. The highest BCUT2D eigenvalue weighted by Gasteiger charge is 2.09. The normalized spacial score (nSPS) is 12.7. The van der Waals surface area contributed by atoms with E-state index >= 15 is 0 Å². The molecule has 0 amide bonds. The van der Waals surface area contributed by atoms with Crippen molar-refractivity contribution in [3.63, 3.8) is 0 Å². The molecular weight excluding hydrogens is 322 g/mol. The van der Waals surface area contributed by atoms with E-state index in [1.54, 1.807) is 10.9 Å². The molecule has 6 heteroatoms. The van der Waals surface area contributed by atoms with Crippen LogP contribution in [0.1, 0.15) is 0 Å². The minimum Gasteiger partial charge on any atom is -0.490 e. The molecule has 1 unspecified atom stereocenters. The van der Waals surface area contributed by atoms with Gasteiger partial charge in [0, 0.05) is 23.3 Å². The second kappa shape index (κ2) is 5.68. The first-order valence-corrected chi connectivity index (χ1v) is 7.06. The Hall–Kier alpha value is -1.79. The van der Waals surface area contributed by atoms with E-state index in [0.29, 0.717) is 6.54 Å². The fraction of sp³-hybridized carbons (Fsp3) is 0.214. The molecule has 0 bridgehead atoms. The number of benzene rings is 1. The van der Waals surface area contributed by atoms with Gasteiger partial charge in [0.05, 0.1) is 17.2 Å². The second-order valence-corrected chi connectivity index (χ2v) is 5.46. The van der Waals surface area contributed by atoms with Gasteiger partial charge in [-0.25, -0.2) is 0 Å². The van der Waals surface area contributed by atoms with Crippen molar-refractivity contribution in [3.05, 3.63) is 47.3 Å². The molecule has 0 aliphatic heterocycles. The Morgan fingerprint density at radius 3 is 3.10 bits per heavy atom. The van der Waals surface area contributed by atoms with Gasteiger partial charge >= 0.3 is 0 Å². The highest BCUT2D eigenvalue weighted by atomic mass is 79.9. The average Bonchev–Trinajstić information content (AvgIpc) is 3.05. The largest absolute Gasteiger partial charge is 0.490 e. The van der Waals surface area contributed by atoms with Gasteiger partial charge in [-0.2, -0.15) is 5.10 Å². The number of aromatic nitrogens is 3. The van der Waals surface area contributed by atoms with Crippen molar-refractivity contribution in [2.75, 3.05) is 6.61 Å². The van der Waals surface area contributed by atoms with Gasteiger partial charge in [0.1, 0.15) is 18.5 Å². The van der Waals surface area contributed by atoms with Gasteiger partial charge in [0.25, 0.3) is 0 Å². The molecule has 1 aromatic carbocycles. The third kappa shape index (κ3) is 2.86. The van der Waals surface area contributed by atoms with E-state index in [9.17, 15) is 5.11 Å².